The summed E-state index contributed by atoms with van der Waals surface area (Å²) in [5, 5.41) is 8.00. The number of nitrogens with zero attached hydrogens (tertiary/aromatic N) is 4. The predicted octanol–water partition coefficient (Wildman–Crippen LogP) is -0.0775. The molecule has 0 bridgehead atoms. The lowest BCUT2D eigenvalue weighted by molar-refractivity contribution is -0.126. The summed E-state index contributed by atoms with van der Waals surface area (Å²) in [5.41, 5.74) is 2.63. The molecule has 3 heterocycles. The standard InChI is InChI=1S/C12H15N5O2/c18-11-8-10(14-15-11)12(19)16-6-2-9(3-7-16)17-5-1-4-13-17/h1,4-5,9H,2-3,6-8H2,(H,15,18). The Morgan fingerprint density at radius 1 is 1.37 bits per heavy atom. The largest absolute Gasteiger partial charge is 0.337 e. The van der Waals surface area contributed by atoms with Crippen molar-refractivity contribution in [2.75, 3.05) is 13.1 Å². The van der Waals surface area contributed by atoms with Gasteiger partial charge in [-0.15, -0.1) is 0 Å². The maximum absolute atomic E-state index is 12.1. The average Bonchev–Trinajstić information content (AvgIpc) is 3.09. The zero-order valence-corrected chi connectivity index (χ0v) is 10.5. The first-order chi connectivity index (χ1) is 9.24. The SMILES string of the molecule is O=C1CC(C(=O)N2CCC(n3cccn3)CC2)=NN1. The summed E-state index contributed by atoms with van der Waals surface area (Å²) < 4.78 is 1.94. The van der Waals surface area contributed by atoms with Crippen LogP contribution in [0.5, 0.6) is 0 Å². The lowest BCUT2D eigenvalue weighted by Crippen LogP contribution is -2.42. The van der Waals surface area contributed by atoms with Crippen LogP contribution < -0.4 is 5.43 Å². The molecule has 1 aromatic heterocycles. The molecule has 1 N–H and O–H groups in total. The molecule has 7 heteroatoms. The average molecular weight is 261 g/mol. The molecule has 1 saturated heterocycles. The van der Waals surface area contributed by atoms with Crippen molar-refractivity contribution in [2.45, 2.75) is 25.3 Å². The number of amides is 2. The van der Waals surface area contributed by atoms with Gasteiger partial charge in [-0.2, -0.15) is 10.2 Å². The van der Waals surface area contributed by atoms with Crippen LogP contribution in [0.3, 0.4) is 0 Å². The summed E-state index contributed by atoms with van der Waals surface area (Å²) in [4.78, 5) is 24.9. The van der Waals surface area contributed by atoms with Gasteiger partial charge < -0.3 is 4.90 Å². The normalized spacial score (nSPS) is 20.3. The number of hydrogen-bond acceptors (Lipinski definition) is 4. The number of likely N-dealkylation sites (tertiary alicyclic amines) is 1. The van der Waals surface area contributed by atoms with Crippen LogP contribution in [0.15, 0.2) is 23.6 Å². The predicted molar refractivity (Wildman–Crippen MR) is 67.3 cm³/mol. The van der Waals surface area contributed by atoms with Crippen LogP contribution in [0.4, 0.5) is 0 Å². The first-order valence-corrected chi connectivity index (χ1v) is 6.38. The first-order valence-electron chi connectivity index (χ1n) is 6.38. The number of hydrogen-bond donors (Lipinski definition) is 1. The fourth-order valence-electron chi connectivity index (χ4n) is 2.50. The molecule has 100 valence electrons. The van der Waals surface area contributed by atoms with Gasteiger partial charge in [0.15, 0.2) is 0 Å². The van der Waals surface area contributed by atoms with E-state index in [1.54, 1.807) is 11.1 Å². The Hall–Kier alpha value is -2.18. The fraction of sp³-hybridized carbons (Fsp3) is 0.500. The van der Waals surface area contributed by atoms with E-state index in [0.29, 0.717) is 24.8 Å². The Bertz CT molecular complexity index is 514. The van der Waals surface area contributed by atoms with Crippen LogP contribution in [0.25, 0.3) is 0 Å². The van der Waals surface area contributed by atoms with Crippen molar-refractivity contribution >= 4 is 17.5 Å². The van der Waals surface area contributed by atoms with Crippen molar-refractivity contribution in [1.29, 1.82) is 0 Å². The van der Waals surface area contributed by atoms with Crippen molar-refractivity contribution < 1.29 is 9.59 Å². The van der Waals surface area contributed by atoms with E-state index in [-0.39, 0.29) is 18.2 Å². The molecular weight excluding hydrogens is 246 g/mol. The Balaban J connectivity index is 1.58. The van der Waals surface area contributed by atoms with E-state index in [1.807, 2.05) is 16.9 Å². The van der Waals surface area contributed by atoms with Gasteiger partial charge in [0.05, 0.1) is 12.5 Å². The van der Waals surface area contributed by atoms with Gasteiger partial charge in [-0.25, -0.2) is 5.43 Å². The van der Waals surface area contributed by atoms with Crippen molar-refractivity contribution in [3.05, 3.63) is 18.5 Å². The molecule has 7 nitrogen and oxygen atoms in total. The van der Waals surface area contributed by atoms with Gasteiger partial charge in [0.1, 0.15) is 5.71 Å². The number of carbonyl (C=O) groups excluding carboxylic acids is 2. The summed E-state index contributed by atoms with van der Waals surface area (Å²) in [7, 11) is 0. The molecule has 0 aliphatic carbocycles. The number of hydrazone groups is 1. The minimum atomic E-state index is -0.213. The molecule has 19 heavy (non-hydrogen) atoms. The lowest BCUT2D eigenvalue weighted by atomic mass is 10.0. The molecule has 0 aromatic carbocycles. The highest BCUT2D eigenvalue weighted by atomic mass is 16.2. The van der Waals surface area contributed by atoms with E-state index in [1.165, 1.54) is 0 Å². The Morgan fingerprint density at radius 3 is 2.74 bits per heavy atom. The minimum Gasteiger partial charge on any atom is -0.337 e. The first kappa shape index (κ1) is 11.9. The molecule has 0 saturated carbocycles. The third-order valence-electron chi connectivity index (χ3n) is 3.54. The van der Waals surface area contributed by atoms with Gasteiger partial charge in [0.2, 0.25) is 5.91 Å². The van der Waals surface area contributed by atoms with E-state index in [9.17, 15) is 9.59 Å². The molecule has 2 amide bonds. The minimum absolute atomic E-state index is 0.0952. The highest BCUT2D eigenvalue weighted by molar-refractivity contribution is 6.43. The molecule has 0 atom stereocenters. The Labute approximate surface area is 110 Å². The zero-order valence-electron chi connectivity index (χ0n) is 10.5. The second-order valence-electron chi connectivity index (χ2n) is 4.78. The van der Waals surface area contributed by atoms with E-state index in [0.717, 1.165) is 12.8 Å². The molecule has 0 unspecified atom stereocenters. The zero-order chi connectivity index (χ0) is 13.2. The van der Waals surface area contributed by atoms with Crippen LogP contribution in [0, 0.1) is 0 Å². The smallest absolute Gasteiger partial charge is 0.270 e. The van der Waals surface area contributed by atoms with E-state index in [2.05, 4.69) is 15.6 Å². The van der Waals surface area contributed by atoms with Gasteiger partial charge in [-0.05, 0) is 18.9 Å². The maximum Gasteiger partial charge on any atom is 0.270 e. The summed E-state index contributed by atoms with van der Waals surface area (Å²) in [6, 6.07) is 2.26. The quantitative estimate of drug-likeness (QED) is 0.808. The molecule has 3 rings (SSSR count). The van der Waals surface area contributed by atoms with Gasteiger partial charge in [-0.3, -0.25) is 14.3 Å². The molecule has 0 radical (unpaired) electrons. The van der Waals surface area contributed by atoms with Gasteiger partial charge in [-0.1, -0.05) is 0 Å². The van der Waals surface area contributed by atoms with Crippen LogP contribution >= 0.6 is 0 Å². The van der Waals surface area contributed by atoms with Crippen molar-refractivity contribution in [3.63, 3.8) is 0 Å². The number of aromatic nitrogens is 2. The van der Waals surface area contributed by atoms with Crippen LogP contribution in [0.2, 0.25) is 0 Å². The second-order valence-corrected chi connectivity index (χ2v) is 4.78. The maximum atomic E-state index is 12.1. The van der Waals surface area contributed by atoms with Gasteiger partial charge in [0, 0.05) is 25.5 Å². The summed E-state index contributed by atoms with van der Waals surface area (Å²) >= 11 is 0. The lowest BCUT2D eigenvalue weighted by Gasteiger charge is -2.31. The van der Waals surface area contributed by atoms with Crippen LogP contribution in [0.1, 0.15) is 25.3 Å². The molecule has 2 aliphatic heterocycles. The molecule has 1 aromatic rings. The number of carbonyl (C=O) groups is 2. The Morgan fingerprint density at radius 2 is 2.16 bits per heavy atom. The topological polar surface area (TPSA) is 79.6 Å². The second kappa shape index (κ2) is 4.83. The highest BCUT2D eigenvalue weighted by Crippen LogP contribution is 2.21. The third kappa shape index (κ3) is 2.35. The molecule has 0 spiro atoms. The molecule has 2 aliphatic rings. The third-order valence-corrected chi connectivity index (χ3v) is 3.54. The van der Waals surface area contributed by atoms with Gasteiger partial charge in [0.25, 0.3) is 5.91 Å². The van der Waals surface area contributed by atoms with Crippen molar-refractivity contribution in [2.24, 2.45) is 5.10 Å². The van der Waals surface area contributed by atoms with Crippen LogP contribution in [-0.4, -0.2) is 45.3 Å². The van der Waals surface area contributed by atoms with E-state index >= 15 is 0 Å². The number of piperidine rings is 1. The number of rotatable bonds is 2. The summed E-state index contributed by atoms with van der Waals surface area (Å²) in [6.07, 6.45) is 5.57. The highest BCUT2D eigenvalue weighted by Gasteiger charge is 2.29. The molecule has 1 fully saturated rings. The van der Waals surface area contributed by atoms with Gasteiger partial charge >= 0.3 is 0 Å². The van der Waals surface area contributed by atoms with E-state index < -0.39 is 0 Å². The van der Waals surface area contributed by atoms with E-state index in [4.69, 9.17) is 0 Å². The van der Waals surface area contributed by atoms with Crippen LogP contribution in [-0.2, 0) is 9.59 Å². The fourth-order valence-corrected chi connectivity index (χ4v) is 2.50. The Kier molecular flexibility index (Phi) is 3.02. The summed E-state index contributed by atoms with van der Waals surface area (Å²) in [5.74, 6) is -0.341. The molecular formula is C12H15N5O2. The van der Waals surface area contributed by atoms with Crippen molar-refractivity contribution in [3.8, 4) is 0 Å². The monoisotopic (exact) mass is 261 g/mol. The number of nitrogens with one attached hydrogen (secondary N) is 1. The summed E-state index contributed by atoms with van der Waals surface area (Å²) in [6.45, 7) is 1.35. The van der Waals surface area contributed by atoms with Crippen molar-refractivity contribution in [1.82, 2.24) is 20.1 Å².